The lowest BCUT2D eigenvalue weighted by Crippen LogP contribution is -2.45. The minimum atomic E-state index is -0.311. The molecule has 1 atom stereocenters. The molecule has 1 N–H and O–H groups in total. The average Bonchev–Trinajstić information content (AvgIpc) is 3.26. The highest BCUT2D eigenvalue weighted by Gasteiger charge is 2.29. The normalized spacial score (nSPS) is 21.3. The van der Waals surface area contributed by atoms with Crippen molar-refractivity contribution in [1.82, 2.24) is 20.0 Å². The second-order valence-electron chi connectivity index (χ2n) is 7.18. The molecule has 1 aliphatic carbocycles. The van der Waals surface area contributed by atoms with Crippen molar-refractivity contribution in [1.29, 1.82) is 0 Å². The Labute approximate surface area is 144 Å². The smallest absolute Gasteiger partial charge is 0.244 e. The maximum atomic E-state index is 12.8. The van der Waals surface area contributed by atoms with Gasteiger partial charge in [-0.2, -0.15) is 5.10 Å². The highest BCUT2D eigenvalue weighted by molar-refractivity contribution is 5.83. The molecule has 0 bridgehead atoms. The van der Waals surface area contributed by atoms with E-state index in [0.29, 0.717) is 6.10 Å². The molecule has 1 aliphatic heterocycles. The van der Waals surface area contributed by atoms with Gasteiger partial charge in [0.1, 0.15) is 6.04 Å². The van der Waals surface area contributed by atoms with Crippen LogP contribution in [-0.4, -0.2) is 53.4 Å². The van der Waals surface area contributed by atoms with E-state index in [2.05, 4.69) is 10.4 Å². The predicted octanol–water partition coefficient (Wildman–Crippen LogP) is 1.88. The number of piperidine rings is 1. The van der Waals surface area contributed by atoms with E-state index in [-0.39, 0.29) is 11.9 Å². The molecular weight excluding hydrogens is 304 g/mol. The van der Waals surface area contributed by atoms with Crippen molar-refractivity contribution in [2.24, 2.45) is 13.0 Å². The van der Waals surface area contributed by atoms with Crippen molar-refractivity contribution < 1.29 is 9.53 Å². The van der Waals surface area contributed by atoms with E-state index in [0.717, 1.165) is 44.0 Å². The lowest BCUT2D eigenvalue weighted by atomic mass is 10.0. The number of aryl methyl sites for hydroxylation is 1. The fraction of sp³-hybridized carbons (Fsp3) is 0.778. The van der Waals surface area contributed by atoms with Gasteiger partial charge in [-0.15, -0.1) is 0 Å². The van der Waals surface area contributed by atoms with Crippen molar-refractivity contribution in [2.45, 2.75) is 50.7 Å². The Morgan fingerprint density at radius 1 is 1.33 bits per heavy atom. The Morgan fingerprint density at radius 2 is 2.04 bits per heavy atom. The van der Waals surface area contributed by atoms with Crippen LogP contribution < -0.4 is 5.32 Å². The Kier molecular flexibility index (Phi) is 5.89. The number of carbonyl (C=O) groups is 1. The molecule has 1 amide bonds. The van der Waals surface area contributed by atoms with E-state index >= 15 is 0 Å². The summed E-state index contributed by atoms with van der Waals surface area (Å²) in [6.45, 7) is 2.48. The molecule has 2 aliphatic rings. The van der Waals surface area contributed by atoms with Crippen LogP contribution in [0.1, 0.15) is 50.1 Å². The van der Waals surface area contributed by atoms with Crippen LogP contribution in [0.3, 0.4) is 0 Å². The molecule has 1 aromatic heterocycles. The molecule has 0 aromatic carbocycles. The van der Waals surface area contributed by atoms with Gasteiger partial charge >= 0.3 is 0 Å². The summed E-state index contributed by atoms with van der Waals surface area (Å²) >= 11 is 0. The number of carbonyl (C=O) groups excluding carboxylic acids is 1. The van der Waals surface area contributed by atoms with E-state index in [1.54, 1.807) is 10.9 Å². The third-order valence-corrected chi connectivity index (χ3v) is 5.39. The zero-order chi connectivity index (χ0) is 16.9. The van der Waals surface area contributed by atoms with Gasteiger partial charge in [-0.1, -0.05) is 12.8 Å². The SMILES string of the molecule is CNC(C(=O)N1CCC(OCC2CCCC2)CC1)c1cnn(C)c1. The van der Waals surface area contributed by atoms with Crippen LogP contribution in [0.25, 0.3) is 0 Å². The van der Waals surface area contributed by atoms with Gasteiger partial charge in [0.2, 0.25) is 5.91 Å². The lowest BCUT2D eigenvalue weighted by Gasteiger charge is -2.34. The van der Waals surface area contributed by atoms with Crippen LogP contribution in [0, 0.1) is 5.92 Å². The molecule has 134 valence electrons. The molecular formula is C18H30N4O2. The third-order valence-electron chi connectivity index (χ3n) is 5.39. The largest absolute Gasteiger partial charge is 0.378 e. The van der Waals surface area contributed by atoms with Crippen LogP contribution in [0.15, 0.2) is 12.4 Å². The topological polar surface area (TPSA) is 59.4 Å². The highest BCUT2D eigenvalue weighted by atomic mass is 16.5. The van der Waals surface area contributed by atoms with Gasteiger partial charge in [-0.25, -0.2) is 0 Å². The summed E-state index contributed by atoms with van der Waals surface area (Å²) in [6.07, 6.45) is 11.2. The highest BCUT2D eigenvalue weighted by Crippen LogP contribution is 2.26. The molecule has 0 spiro atoms. The van der Waals surface area contributed by atoms with Gasteiger partial charge in [0, 0.05) is 38.5 Å². The van der Waals surface area contributed by atoms with Crippen molar-refractivity contribution in [3.63, 3.8) is 0 Å². The lowest BCUT2D eigenvalue weighted by molar-refractivity contribution is -0.136. The first kappa shape index (κ1) is 17.4. The maximum Gasteiger partial charge on any atom is 0.244 e. The van der Waals surface area contributed by atoms with Gasteiger partial charge in [0.15, 0.2) is 0 Å². The maximum absolute atomic E-state index is 12.8. The van der Waals surface area contributed by atoms with Crippen LogP contribution in [0.5, 0.6) is 0 Å². The van der Waals surface area contributed by atoms with Gasteiger partial charge in [0.05, 0.1) is 12.3 Å². The summed E-state index contributed by atoms with van der Waals surface area (Å²) in [5.74, 6) is 0.906. The second kappa shape index (κ2) is 8.12. The molecule has 2 fully saturated rings. The van der Waals surface area contributed by atoms with E-state index in [1.807, 2.05) is 25.2 Å². The molecule has 1 saturated carbocycles. The molecule has 6 nitrogen and oxygen atoms in total. The Bertz CT molecular complexity index is 531. The standard InChI is InChI=1S/C18H30N4O2/c1-19-17(15-11-20-21(2)12-15)18(23)22-9-7-16(8-10-22)24-13-14-5-3-4-6-14/h11-12,14,16-17,19H,3-10,13H2,1-2H3. The zero-order valence-electron chi connectivity index (χ0n) is 14.9. The Morgan fingerprint density at radius 3 is 2.62 bits per heavy atom. The molecule has 0 radical (unpaired) electrons. The van der Waals surface area contributed by atoms with Gasteiger partial charge in [-0.3, -0.25) is 9.48 Å². The number of nitrogens with zero attached hydrogens (tertiary/aromatic N) is 3. The van der Waals surface area contributed by atoms with E-state index in [1.165, 1.54) is 25.7 Å². The van der Waals surface area contributed by atoms with Crippen LogP contribution >= 0.6 is 0 Å². The number of aromatic nitrogens is 2. The Balaban J connectivity index is 1.47. The summed E-state index contributed by atoms with van der Waals surface area (Å²) in [5, 5.41) is 7.30. The molecule has 2 heterocycles. The minimum Gasteiger partial charge on any atom is -0.378 e. The molecule has 3 rings (SSSR count). The number of hydrogen-bond acceptors (Lipinski definition) is 4. The molecule has 6 heteroatoms. The average molecular weight is 334 g/mol. The quantitative estimate of drug-likeness (QED) is 0.863. The van der Waals surface area contributed by atoms with Crippen molar-refractivity contribution >= 4 is 5.91 Å². The fourth-order valence-corrected chi connectivity index (χ4v) is 3.90. The van der Waals surface area contributed by atoms with Crippen LogP contribution in [0.2, 0.25) is 0 Å². The number of likely N-dealkylation sites (tertiary alicyclic amines) is 1. The van der Waals surface area contributed by atoms with Crippen molar-refractivity contribution in [3.8, 4) is 0 Å². The number of amides is 1. The number of nitrogens with one attached hydrogen (secondary N) is 1. The minimum absolute atomic E-state index is 0.139. The first-order chi connectivity index (χ1) is 11.7. The van der Waals surface area contributed by atoms with Gasteiger partial charge in [-0.05, 0) is 38.6 Å². The van der Waals surface area contributed by atoms with Crippen molar-refractivity contribution in [3.05, 3.63) is 18.0 Å². The Hall–Kier alpha value is -1.40. The summed E-state index contributed by atoms with van der Waals surface area (Å²) in [5.41, 5.74) is 0.921. The molecule has 24 heavy (non-hydrogen) atoms. The first-order valence-electron chi connectivity index (χ1n) is 9.23. The predicted molar refractivity (Wildman–Crippen MR) is 92.5 cm³/mol. The van der Waals surface area contributed by atoms with Gasteiger partial charge < -0.3 is 15.0 Å². The van der Waals surface area contributed by atoms with E-state index in [9.17, 15) is 4.79 Å². The van der Waals surface area contributed by atoms with E-state index < -0.39 is 0 Å². The number of ether oxygens (including phenoxy) is 1. The molecule has 1 aromatic rings. The number of likely N-dealkylation sites (N-methyl/N-ethyl adjacent to an activating group) is 1. The number of hydrogen-bond donors (Lipinski definition) is 1. The van der Waals surface area contributed by atoms with Gasteiger partial charge in [0.25, 0.3) is 0 Å². The van der Waals surface area contributed by atoms with Crippen molar-refractivity contribution in [2.75, 3.05) is 26.7 Å². The summed E-state index contributed by atoms with van der Waals surface area (Å²) in [6, 6.07) is -0.311. The summed E-state index contributed by atoms with van der Waals surface area (Å²) in [4.78, 5) is 14.8. The van der Waals surface area contributed by atoms with Crippen LogP contribution in [-0.2, 0) is 16.6 Å². The monoisotopic (exact) mass is 334 g/mol. The number of rotatable bonds is 6. The first-order valence-corrected chi connectivity index (χ1v) is 9.23. The molecule has 1 saturated heterocycles. The summed E-state index contributed by atoms with van der Waals surface area (Å²) in [7, 11) is 3.70. The van der Waals surface area contributed by atoms with E-state index in [4.69, 9.17) is 4.74 Å². The van der Waals surface area contributed by atoms with Crippen LogP contribution in [0.4, 0.5) is 0 Å². The zero-order valence-corrected chi connectivity index (χ0v) is 14.9. The third kappa shape index (κ3) is 4.16. The molecule has 1 unspecified atom stereocenters. The summed E-state index contributed by atoms with van der Waals surface area (Å²) < 4.78 is 7.83. The fourth-order valence-electron chi connectivity index (χ4n) is 3.90. The second-order valence-corrected chi connectivity index (χ2v) is 7.18.